The predicted molar refractivity (Wildman–Crippen MR) is 71.9 cm³/mol. The molecule has 1 unspecified atom stereocenters. The lowest BCUT2D eigenvalue weighted by molar-refractivity contribution is -0.120. The molecule has 1 aromatic carbocycles. The van der Waals surface area contributed by atoms with Crippen molar-refractivity contribution in [2.45, 2.75) is 33.2 Å². The van der Waals surface area contributed by atoms with Crippen LogP contribution in [-0.4, -0.2) is 18.5 Å². The lowest BCUT2D eigenvalue weighted by atomic mass is 9.98. The SMILES string of the molecule is CCC(C)[C@H](N)C(=O)N(CC)c1cccc(F)c1. The molecule has 0 heterocycles. The van der Waals surface area contributed by atoms with Gasteiger partial charge in [-0.15, -0.1) is 0 Å². The summed E-state index contributed by atoms with van der Waals surface area (Å²) in [6.07, 6.45) is 0.841. The Bertz CT molecular complexity index is 409. The third-order valence-electron chi connectivity index (χ3n) is 3.24. The first-order chi connectivity index (χ1) is 8.51. The fourth-order valence-electron chi connectivity index (χ4n) is 1.79. The summed E-state index contributed by atoms with van der Waals surface area (Å²) in [4.78, 5) is 13.8. The van der Waals surface area contributed by atoms with E-state index in [-0.39, 0.29) is 17.6 Å². The van der Waals surface area contributed by atoms with Crippen LogP contribution in [0, 0.1) is 11.7 Å². The molecule has 18 heavy (non-hydrogen) atoms. The highest BCUT2D eigenvalue weighted by atomic mass is 19.1. The minimum Gasteiger partial charge on any atom is -0.320 e. The van der Waals surface area contributed by atoms with Crippen LogP contribution in [0.25, 0.3) is 0 Å². The summed E-state index contributed by atoms with van der Waals surface area (Å²) in [7, 11) is 0. The summed E-state index contributed by atoms with van der Waals surface area (Å²) in [6, 6.07) is 5.47. The molecule has 0 aromatic heterocycles. The lowest BCUT2D eigenvalue weighted by Crippen LogP contribution is -2.47. The van der Waals surface area contributed by atoms with Gasteiger partial charge in [-0.3, -0.25) is 4.79 Å². The van der Waals surface area contributed by atoms with Gasteiger partial charge in [-0.2, -0.15) is 0 Å². The second-order valence-corrected chi connectivity index (χ2v) is 4.47. The maximum absolute atomic E-state index is 13.2. The summed E-state index contributed by atoms with van der Waals surface area (Å²) in [6.45, 7) is 6.27. The van der Waals surface area contributed by atoms with Crippen molar-refractivity contribution in [1.82, 2.24) is 0 Å². The highest BCUT2D eigenvalue weighted by Gasteiger charge is 2.25. The molecule has 2 atom stereocenters. The molecular weight excluding hydrogens is 231 g/mol. The number of carbonyl (C=O) groups excluding carboxylic acids is 1. The summed E-state index contributed by atoms with van der Waals surface area (Å²) in [5.74, 6) is -0.395. The Labute approximate surface area is 108 Å². The third kappa shape index (κ3) is 3.29. The van der Waals surface area contributed by atoms with Gasteiger partial charge in [-0.05, 0) is 31.0 Å². The maximum Gasteiger partial charge on any atom is 0.244 e. The Morgan fingerprint density at radius 1 is 1.44 bits per heavy atom. The zero-order chi connectivity index (χ0) is 13.7. The number of anilines is 1. The molecule has 0 saturated heterocycles. The van der Waals surface area contributed by atoms with Crippen molar-refractivity contribution in [1.29, 1.82) is 0 Å². The van der Waals surface area contributed by atoms with Crippen LogP contribution in [0.1, 0.15) is 27.2 Å². The predicted octanol–water partition coefficient (Wildman–Crippen LogP) is 2.55. The summed E-state index contributed by atoms with van der Waals surface area (Å²) >= 11 is 0. The molecule has 0 bridgehead atoms. The van der Waals surface area contributed by atoms with Gasteiger partial charge in [0.1, 0.15) is 5.82 Å². The van der Waals surface area contributed by atoms with Crippen molar-refractivity contribution in [3.63, 3.8) is 0 Å². The first-order valence-electron chi connectivity index (χ1n) is 6.33. The molecule has 100 valence electrons. The van der Waals surface area contributed by atoms with Crippen LogP contribution in [0.3, 0.4) is 0 Å². The third-order valence-corrected chi connectivity index (χ3v) is 3.24. The monoisotopic (exact) mass is 252 g/mol. The van der Waals surface area contributed by atoms with Crippen molar-refractivity contribution in [2.24, 2.45) is 11.7 Å². The minimum atomic E-state index is -0.543. The number of hydrogen-bond donors (Lipinski definition) is 1. The van der Waals surface area contributed by atoms with Crippen molar-refractivity contribution in [2.75, 3.05) is 11.4 Å². The van der Waals surface area contributed by atoms with E-state index in [0.717, 1.165) is 6.42 Å². The lowest BCUT2D eigenvalue weighted by Gasteiger charge is -2.27. The van der Waals surface area contributed by atoms with E-state index in [0.29, 0.717) is 12.2 Å². The minimum absolute atomic E-state index is 0.111. The summed E-state index contributed by atoms with van der Waals surface area (Å²) < 4.78 is 13.2. The fourth-order valence-corrected chi connectivity index (χ4v) is 1.79. The maximum atomic E-state index is 13.2. The van der Waals surface area contributed by atoms with Crippen molar-refractivity contribution in [3.8, 4) is 0 Å². The molecule has 0 saturated carbocycles. The van der Waals surface area contributed by atoms with E-state index in [2.05, 4.69) is 0 Å². The van der Waals surface area contributed by atoms with Gasteiger partial charge in [0.2, 0.25) is 5.91 Å². The van der Waals surface area contributed by atoms with Crippen molar-refractivity contribution in [3.05, 3.63) is 30.1 Å². The van der Waals surface area contributed by atoms with Crippen molar-refractivity contribution < 1.29 is 9.18 Å². The van der Waals surface area contributed by atoms with Crippen LogP contribution in [0.5, 0.6) is 0 Å². The van der Waals surface area contributed by atoms with Gasteiger partial charge in [0, 0.05) is 12.2 Å². The molecule has 0 spiro atoms. The van der Waals surface area contributed by atoms with Gasteiger partial charge >= 0.3 is 0 Å². The topological polar surface area (TPSA) is 46.3 Å². The molecule has 0 aliphatic carbocycles. The zero-order valence-corrected chi connectivity index (χ0v) is 11.2. The fraction of sp³-hybridized carbons (Fsp3) is 0.500. The average Bonchev–Trinajstić information content (AvgIpc) is 2.37. The molecule has 0 aliphatic rings. The van der Waals surface area contributed by atoms with Gasteiger partial charge < -0.3 is 10.6 Å². The van der Waals surface area contributed by atoms with E-state index in [1.165, 1.54) is 17.0 Å². The van der Waals surface area contributed by atoms with Crippen LogP contribution in [0.15, 0.2) is 24.3 Å². The quantitative estimate of drug-likeness (QED) is 0.875. The number of hydrogen-bond acceptors (Lipinski definition) is 2. The second-order valence-electron chi connectivity index (χ2n) is 4.47. The highest BCUT2D eigenvalue weighted by Crippen LogP contribution is 2.18. The number of carbonyl (C=O) groups is 1. The van der Waals surface area contributed by atoms with Crippen LogP contribution in [-0.2, 0) is 4.79 Å². The molecule has 0 radical (unpaired) electrons. The number of likely N-dealkylation sites (N-methyl/N-ethyl adjacent to an activating group) is 1. The van der Waals surface area contributed by atoms with Gasteiger partial charge in [-0.1, -0.05) is 26.3 Å². The molecular formula is C14H21FN2O. The smallest absolute Gasteiger partial charge is 0.244 e. The van der Waals surface area contributed by atoms with E-state index in [9.17, 15) is 9.18 Å². The van der Waals surface area contributed by atoms with Crippen molar-refractivity contribution >= 4 is 11.6 Å². The molecule has 3 nitrogen and oxygen atoms in total. The Morgan fingerprint density at radius 3 is 2.61 bits per heavy atom. The molecule has 0 aliphatic heterocycles. The molecule has 1 amide bonds. The molecule has 4 heteroatoms. The van der Waals surface area contributed by atoms with E-state index in [1.54, 1.807) is 12.1 Å². The van der Waals surface area contributed by atoms with E-state index in [1.807, 2.05) is 20.8 Å². The van der Waals surface area contributed by atoms with Crippen LogP contribution < -0.4 is 10.6 Å². The highest BCUT2D eigenvalue weighted by molar-refractivity contribution is 5.97. The van der Waals surface area contributed by atoms with Crippen LogP contribution >= 0.6 is 0 Å². The van der Waals surface area contributed by atoms with E-state index < -0.39 is 6.04 Å². The van der Waals surface area contributed by atoms with Gasteiger partial charge in [-0.25, -0.2) is 4.39 Å². The van der Waals surface area contributed by atoms with Crippen LogP contribution in [0.4, 0.5) is 10.1 Å². The number of amides is 1. The molecule has 0 fully saturated rings. The number of benzene rings is 1. The number of rotatable bonds is 5. The van der Waals surface area contributed by atoms with Gasteiger partial charge in [0.25, 0.3) is 0 Å². The van der Waals surface area contributed by atoms with E-state index >= 15 is 0 Å². The van der Waals surface area contributed by atoms with E-state index in [4.69, 9.17) is 5.73 Å². The normalized spacial score (nSPS) is 14.1. The first kappa shape index (κ1) is 14.6. The number of nitrogens with two attached hydrogens (primary N) is 1. The number of halogens is 1. The molecule has 2 N–H and O–H groups in total. The molecule has 1 aromatic rings. The largest absolute Gasteiger partial charge is 0.320 e. The Balaban J connectivity index is 2.93. The molecule has 1 rings (SSSR count). The Morgan fingerprint density at radius 2 is 2.11 bits per heavy atom. The second kappa shape index (κ2) is 6.50. The van der Waals surface area contributed by atoms with Crippen LogP contribution in [0.2, 0.25) is 0 Å². The summed E-state index contributed by atoms with van der Waals surface area (Å²) in [5.41, 5.74) is 6.49. The number of nitrogens with zero attached hydrogens (tertiary/aromatic N) is 1. The first-order valence-corrected chi connectivity index (χ1v) is 6.33. The van der Waals surface area contributed by atoms with Gasteiger partial charge in [0.15, 0.2) is 0 Å². The Kier molecular flexibility index (Phi) is 5.28. The Hall–Kier alpha value is -1.42. The average molecular weight is 252 g/mol. The standard InChI is InChI=1S/C14H21FN2O/c1-4-10(3)13(16)14(18)17(5-2)12-8-6-7-11(15)9-12/h6-10,13H,4-5,16H2,1-3H3/t10?,13-/m0/s1. The van der Waals surface area contributed by atoms with Gasteiger partial charge in [0.05, 0.1) is 6.04 Å². The summed E-state index contributed by atoms with van der Waals surface area (Å²) in [5, 5.41) is 0. The zero-order valence-electron chi connectivity index (χ0n) is 11.2.